The average molecular weight is 367 g/mol. The predicted octanol–water partition coefficient (Wildman–Crippen LogP) is 2.84. The molecule has 0 N–H and O–H groups in total. The summed E-state index contributed by atoms with van der Waals surface area (Å²) in [6, 6.07) is 17.3. The lowest BCUT2D eigenvalue weighted by Gasteiger charge is -2.38. The molecular weight excluding hydrogens is 342 g/mol. The fourth-order valence-electron chi connectivity index (χ4n) is 3.57. The van der Waals surface area contributed by atoms with E-state index in [0.29, 0.717) is 12.3 Å². The molecule has 0 aliphatic carbocycles. The van der Waals surface area contributed by atoms with Gasteiger partial charge in [0.2, 0.25) is 0 Å². The number of ether oxygens (including phenoxy) is 2. The van der Waals surface area contributed by atoms with Gasteiger partial charge in [-0.15, -0.1) is 0 Å². The van der Waals surface area contributed by atoms with E-state index in [1.807, 2.05) is 36.4 Å². The van der Waals surface area contributed by atoms with Crippen LogP contribution in [0.25, 0.3) is 0 Å². The molecule has 6 heteroatoms. The van der Waals surface area contributed by atoms with E-state index in [1.54, 1.807) is 17.0 Å². The Morgan fingerprint density at radius 3 is 2.33 bits per heavy atom. The van der Waals surface area contributed by atoms with Crippen molar-refractivity contribution in [1.82, 2.24) is 4.90 Å². The van der Waals surface area contributed by atoms with Gasteiger partial charge in [-0.3, -0.25) is 9.80 Å². The third-order valence-corrected chi connectivity index (χ3v) is 5.07. The minimum atomic E-state index is -0.332. The van der Waals surface area contributed by atoms with Crippen LogP contribution < -0.4 is 14.5 Å². The van der Waals surface area contributed by atoms with Crippen LogP contribution in [0.1, 0.15) is 0 Å². The van der Waals surface area contributed by atoms with Crippen LogP contribution in [0.5, 0.6) is 5.75 Å². The summed E-state index contributed by atoms with van der Waals surface area (Å²) in [5, 5.41) is 0. The van der Waals surface area contributed by atoms with Gasteiger partial charge in [0.05, 0.1) is 24.6 Å². The molecule has 0 atom stereocenters. The predicted molar refractivity (Wildman–Crippen MR) is 106 cm³/mol. The second kappa shape index (κ2) is 8.41. The third-order valence-electron chi connectivity index (χ3n) is 5.07. The minimum absolute atomic E-state index is 0.332. The van der Waals surface area contributed by atoms with Gasteiger partial charge in [0, 0.05) is 39.3 Å². The Bertz CT molecular complexity index is 762. The van der Waals surface area contributed by atoms with Crippen molar-refractivity contribution in [2.45, 2.75) is 0 Å². The van der Waals surface area contributed by atoms with E-state index in [2.05, 4.69) is 15.9 Å². The number of anilines is 2. The van der Waals surface area contributed by atoms with Crippen molar-refractivity contribution in [3.8, 4) is 5.75 Å². The Hall–Kier alpha value is -2.57. The van der Waals surface area contributed by atoms with E-state index in [9.17, 15) is 4.79 Å². The zero-order chi connectivity index (χ0) is 18.5. The van der Waals surface area contributed by atoms with Gasteiger partial charge >= 0.3 is 6.09 Å². The summed E-state index contributed by atoms with van der Waals surface area (Å²) in [6.45, 7) is 6.98. The van der Waals surface area contributed by atoms with Crippen molar-refractivity contribution in [2.75, 3.05) is 62.3 Å². The van der Waals surface area contributed by atoms with Crippen LogP contribution in [0, 0.1) is 0 Å². The van der Waals surface area contributed by atoms with Crippen LogP contribution >= 0.6 is 0 Å². The van der Waals surface area contributed by atoms with Crippen LogP contribution in [-0.4, -0.2) is 63.5 Å². The van der Waals surface area contributed by atoms with Crippen LogP contribution in [0.4, 0.5) is 16.2 Å². The highest BCUT2D eigenvalue weighted by atomic mass is 16.6. The molecule has 0 radical (unpaired) electrons. The van der Waals surface area contributed by atoms with Crippen molar-refractivity contribution in [3.05, 3.63) is 54.6 Å². The fourth-order valence-corrected chi connectivity index (χ4v) is 3.57. The summed E-state index contributed by atoms with van der Waals surface area (Å²) in [6.07, 6.45) is -0.332. The Labute approximate surface area is 159 Å². The normalized spacial score (nSPS) is 17.5. The lowest BCUT2D eigenvalue weighted by atomic mass is 10.1. The first-order valence-electron chi connectivity index (χ1n) is 9.50. The molecule has 0 aromatic heterocycles. The number of para-hydroxylation sites is 3. The van der Waals surface area contributed by atoms with E-state index < -0.39 is 0 Å². The molecule has 0 spiro atoms. The van der Waals surface area contributed by atoms with Crippen LogP contribution in [0.3, 0.4) is 0 Å². The van der Waals surface area contributed by atoms with E-state index in [1.165, 1.54) is 0 Å². The number of carbonyl (C=O) groups excluding carboxylic acids is 1. The third kappa shape index (κ3) is 4.23. The lowest BCUT2D eigenvalue weighted by molar-refractivity contribution is 0.0391. The number of amides is 1. The van der Waals surface area contributed by atoms with Crippen molar-refractivity contribution >= 4 is 17.5 Å². The minimum Gasteiger partial charge on any atom is -0.410 e. The summed E-state index contributed by atoms with van der Waals surface area (Å²) in [4.78, 5) is 19.2. The number of nitrogens with zero attached hydrogens (tertiary/aromatic N) is 3. The Morgan fingerprint density at radius 1 is 0.852 bits per heavy atom. The topological polar surface area (TPSA) is 45.2 Å². The van der Waals surface area contributed by atoms with Gasteiger partial charge in [-0.1, -0.05) is 30.3 Å². The largest absolute Gasteiger partial charge is 0.419 e. The van der Waals surface area contributed by atoms with E-state index in [-0.39, 0.29) is 6.09 Å². The average Bonchev–Trinajstić information content (AvgIpc) is 2.73. The molecule has 6 nitrogen and oxygen atoms in total. The summed E-state index contributed by atoms with van der Waals surface area (Å²) in [5.41, 5.74) is 1.99. The van der Waals surface area contributed by atoms with E-state index >= 15 is 0 Å². The zero-order valence-corrected chi connectivity index (χ0v) is 15.4. The maximum Gasteiger partial charge on any atom is 0.419 e. The van der Waals surface area contributed by atoms with Crippen molar-refractivity contribution in [3.63, 3.8) is 0 Å². The number of hydrogen-bond acceptors (Lipinski definition) is 5. The first-order valence-corrected chi connectivity index (χ1v) is 9.50. The monoisotopic (exact) mass is 367 g/mol. The van der Waals surface area contributed by atoms with Crippen LogP contribution in [-0.2, 0) is 4.74 Å². The highest BCUT2D eigenvalue weighted by molar-refractivity contribution is 5.94. The molecule has 4 rings (SSSR count). The molecule has 0 unspecified atom stereocenters. The van der Waals surface area contributed by atoms with Gasteiger partial charge in [-0.05, 0) is 24.3 Å². The maximum absolute atomic E-state index is 12.7. The van der Waals surface area contributed by atoms with Gasteiger partial charge in [-0.2, -0.15) is 0 Å². The highest BCUT2D eigenvalue weighted by Crippen LogP contribution is 2.33. The Balaban J connectivity index is 1.45. The van der Waals surface area contributed by atoms with Gasteiger partial charge in [0.1, 0.15) is 5.75 Å². The summed E-state index contributed by atoms with van der Waals surface area (Å²) in [7, 11) is 0. The molecular formula is C21H25N3O3. The number of carbonyl (C=O) groups is 1. The standard InChI is InChI=1S/C21H25N3O3/c25-21(27-18-6-2-1-3-7-18)24-13-12-23(19-8-4-5-9-20(19)24)11-10-22-14-16-26-17-15-22/h1-9H,10-17H2. The molecule has 2 aromatic rings. The molecule has 2 heterocycles. The van der Waals surface area contributed by atoms with E-state index in [4.69, 9.17) is 9.47 Å². The van der Waals surface area contributed by atoms with Gasteiger partial charge in [-0.25, -0.2) is 4.79 Å². The second-order valence-corrected chi connectivity index (χ2v) is 6.76. The number of morpholine rings is 1. The van der Waals surface area contributed by atoms with Crippen molar-refractivity contribution in [1.29, 1.82) is 0 Å². The van der Waals surface area contributed by atoms with Crippen molar-refractivity contribution in [2.24, 2.45) is 0 Å². The first kappa shape index (κ1) is 17.8. The SMILES string of the molecule is O=C(Oc1ccccc1)N1CCN(CCN2CCOCC2)c2ccccc21. The number of benzene rings is 2. The molecule has 2 aliphatic rings. The van der Waals surface area contributed by atoms with Crippen LogP contribution in [0.15, 0.2) is 54.6 Å². The lowest BCUT2D eigenvalue weighted by Crippen LogP contribution is -2.48. The maximum atomic E-state index is 12.7. The second-order valence-electron chi connectivity index (χ2n) is 6.76. The number of rotatable bonds is 4. The van der Waals surface area contributed by atoms with Crippen LogP contribution in [0.2, 0.25) is 0 Å². The summed E-state index contributed by atoms with van der Waals surface area (Å²) >= 11 is 0. The number of fused-ring (bicyclic) bond motifs is 1. The van der Waals surface area contributed by atoms with Gasteiger partial charge in [0.25, 0.3) is 0 Å². The molecule has 0 bridgehead atoms. The quantitative estimate of drug-likeness (QED) is 0.832. The molecule has 2 aromatic carbocycles. The van der Waals surface area contributed by atoms with Gasteiger partial charge < -0.3 is 14.4 Å². The summed E-state index contributed by atoms with van der Waals surface area (Å²) < 4.78 is 11.0. The molecule has 2 aliphatic heterocycles. The van der Waals surface area contributed by atoms with Gasteiger partial charge in [0.15, 0.2) is 0 Å². The molecule has 1 amide bonds. The van der Waals surface area contributed by atoms with E-state index in [0.717, 1.165) is 57.3 Å². The molecule has 1 fully saturated rings. The molecule has 1 saturated heterocycles. The number of hydrogen-bond donors (Lipinski definition) is 0. The highest BCUT2D eigenvalue weighted by Gasteiger charge is 2.28. The first-order chi connectivity index (χ1) is 13.3. The Morgan fingerprint density at radius 2 is 1.56 bits per heavy atom. The summed E-state index contributed by atoms with van der Waals surface area (Å²) in [5.74, 6) is 0.565. The van der Waals surface area contributed by atoms with Crippen molar-refractivity contribution < 1.29 is 14.3 Å². The Kier molecular flexibility index (Phi) is 5.55. The molecule has 142 valence electrons. The molecule has 0 saturated carbocycles. The smallest absolute Gasteiger partial charge is 0.410 e. The fraction of sp³-hybridized carbons (Fsp3) is 0.381. The molecule has 27 heavy (non-hydrogen) atoms. The zero-order valence-electron chi connectivity index (χ0n) is 15.4.